The van der Waals surface area contributed by atoms with Gasteiger partial charge in [-0.15, -0.1) is 11.6 Å². The Morgan fingerprint density at radius 2 is 2.31 bits per heavy atom. The Hall–Kier alpha value is -0.280. The van der Waals surface area contributed by atoms with Crippen molar-refractivity contribution in [3.63, 3.8) is 0 Å². The van der Waals surface area contributed by atoms with E-state index < -0.39 is 5.38 Å². The summed E-state index contributed by atoms with van der Waals surface area (Å²) in [6, 6.07) is 0. The summed E-state index contributed by atoms with van der Waals surface area (Å²) in [6.45, 7) is 3.62. The first kappa shape index (κ1) is 12.2. The number of alkyl halides is 1. The molecule has 0 radical (unpaired) electrons. The van der Waals surface area contributed by atoms with E-state index in [2.05, 4.69) is 0 Å². The average molecular weight is 246 g/mol. The molecule has 2 aliphatic rings. The van der Waals surface area contributed by atoms with Crippen molar-refractivity contribution < 1.29 is 9.90 Å². The van der Waals surface area contributed by atoms with E-state index in [1.807, 2.05) is 11.8 Å². The second-order valence-corrected chi connectivity index (χ2v) is 5.72. The molecule has 3 nitrogen and oxygen atoms in total. The number of rotatable bonds is 3. The molecule has 92 valence electrons. The van der Waals surface area contributed by atoms with E-state index in [1.165, 1.54) is 6.42 Å². The van der Waals surface area contributed by atoms with Crippen molar-refractivity contribution in [1.29, 1.82) is 0 Å². The van der Waals surface area contributed by atoms with E-state index >= 15 is 0 Å². The first-order valence-corrected chi connectivity index (χ1v) is 6.60. The number of hydrogen-bond donors (Lipinski definition) is 1. The van der Waals surface area contributed by atoms with Crippen molar-refractivity contribution >= 4 is 17.5 Å². The van der Waals surface area contributed by atoms with Gasteiger partial charge in [-0.25, -0.2) is 0 Å². The van der Waals surface area contributed by atoms with Crippen LogP contribution in [0.15, 0.2) is 0 Å². The number of likely N-dealkylation sites (tertiary alicyclic amines) is 1. The van der Waals surface area contributed by atoms with Gasteiger partial charge >= 0.3 is 0 Å². The minimum atomic E-state index is -0.394. The molecule has 1 saturated heterocycles. The Balaban J connectivity index is 2.02. The van der Waals surface area contributed by atoms with Crippen molar-refractivity contribution in [3.05, 3.63) is 0 Å². The van der Waals surface area contributed by atoms with E-state index in [-0.39, 0.29) is 23.8 Å². The van der Waals surface area contributed by atoms with E-state index in [0.29, 0.717) is 13.0 Å². The van der Waals surface area contributed by atoms with Crippen LogP contribution in [0.4, 0.5) is 0 Å². The van der Waals surface area contributed by atoms with Gasteiger partial charge in [0.1, 0.15) is 5.38 Å². The number of aliphatic hydroxyl groups is 1. The second kappa shape index (κ2) is 4.53. The third-order valence-corrected chi connectivity index (χ3v) is 4.82. The van der Waals surface area contributed by atoms with Crippen LogP contribution in [0.1, 0.15) is 32.6 Å². The number of carbonyl (C=O) groups is 1. The summed E-state index contributed by atoms with van der Waals surface area (Å²) in [5.74, 6) is 0.317. The Bertz CT molecular complexity index is 278. The summed E-state index contributed by atoms with van der Waals surface area (Å²) in [7, 11) is 0. The zero-order valence-corrected chi connectivity index (χ0v) is 10.5. The van der Waals surface area contributed by atoms with Gasteiger partial charge in [0.2, 0.25) is 5.91 Å². The average Bonchev–Trinajstić information content (AvgIpc) is 2.66. The fourth-order valence-electron chi connectivity index (χ4n) is 3.02. The molecule has 2 atom stereocenters. The highest BCUT2D eigenvalue weighted by Gasteiger charge is 2.51. The van der Waals surface area contributed by atoms with Crippen LogP contribution >= 0.6 is 11.6 Å². The van der Waals surface area contributed by atoms with Crippen LogP contribution < -0.4 is 0 Å². The van der Waals surface area contributed by atoms with Crippen molar-refractivity contribution in [1.82, 2.24) is 4.90 Å². The van der Waals surface area contributed by atoms with Crippen molar-refractivity contribution in [2.45, 2.75) is 38.0 Å². The molecule has 4 heteroatoms. The molecule has 0 aromatic carbocycles. The Labute approximate surface area is 102 Å². The highest BCUT2D eigenvalue weighted by Crippen LogP contribution is 2.51. The molecule has 1 N–H and O–H groups in total. The molecule has 2 unspecified atom stereocenters. The predicted molar refractivity (Wildman–Crippen MR) is 63.4 cm³/mol. The third kappa shape index (κ3) is 1.84. The fraction of sp³-hybridized carbons (Fsp3) is 0.917. The first-order valence-electron chi connectivity index (χ1n) is 6.16. The summed E-state index contributed by atoms with van der Waals surface area (Å²) >= 11 is 5.99. The highest BCUT2D eigenvalue weighted by molar-refractivity contribution is 6.30. The van der Waals surface area contributed by atoms with Crippen LogP contribution in [-0.4, -0.2) is 41.0 Å². The normalized spacial score (nSPS) is 29.2. The summed E-state index contributed by atoms with van der Waals surface area (Å²) in [6.07, 6.45) is 4.21. The van der Waals surface area contributed by atoms with Crippen LogP contribution in [0.2, 0.25) is 0 Å². The Morgan fingerprint density at radius 3 is 2.69 bits per heavy atom. The highest BCUT2D eigenvalue weighted by atomic mass is 35.5. The maximum atomic E-state index is 12.0. The van der Waals surface area contributed by atoms with Crippen LogP contribution in [0, 0.1) is 11.3 Å². The largest absolute Gasteiger partial charge is 0.396 e. The number of hydrogen-bond acceptors (Lipinski definition) is 2. The number of halogens is 1. The maximum Gasteiger partial charge on any atom is 0.240 e. The summed E-state index contributed by atoms with van der Waals surface area (Å²) in [4.78, 5) is 13.8. The van der Waals surface area contributed by atoms with Gasteiger partial charge in [0.05, 0.1) is 0 Å². The zero-order chi connectivity index (χ0) is 11.8. The number of amides is 1. The molecule has 1 heterocycles. The minimum Gasteiger partial charge on any atom is -0.396 e. The molecule has 1 amide bonds. The molecule has 1 aliphatic heterocycles. The second-order valence-electron chi connectivity index (χ2n) is 5.19. The van der Waals surface area contributed by atoms with Gasteiger partial charge in [-0.3, -0.25) is 4.79 Å². The van der Waals surface area contributed by atoms with Gasteiger partial charge in [-0.05, 0) is 24.7 Å². The summed E-state index contributed by atoms with van der Waals surface area (Å²) in [5, 5.41) is 9.00. The zero-order valence-electron chi connectivity index (χ0n) is 9.79. The van der Waals surface area contributed by atoms with Crippen LogP contribution in [-0.2, 0) is 4.79 Å². The number of aliphatic hydroxyl groups excluding tert-OH is 1. The van der Waals surface area contributed by atoms with Gasteiger partial charge in [-0.1, -0.05) is 13.3 Å². The minimum absolute atomic E-state index is 0.0476. The lowest BCUT2D eigenvalue weighted by molar-refractivity contribution is -0.130. The van der Waals surface area contributed by atoms with Crippen molar-refractivity contribution in [3.8, 4) is 0 Å². The molecule has 0 aromatic heterocycles. The molecular formula is C12H20ClNO2. The monoisotopic (exact) mass is 245 g/mol. The topological polar surface area (TPSA) is 40.5 Å². The lowest BCUT2D eigenvalue weighted by Gasteiger charge is -2.42. The molecule has 1 aliphatic carbocycles. The molecule has 1 saturated carbocycles. The van der Waals surface area contributed by atoms with E-state index in [9.17, 15) is 9.90 Å². The smallest absolute Gasteiger partial charge is 0.240 e. The van der Waals surface area contributed by atoms with Gasteiger partial charge < -0.3 is 10.0 Å². The number of carbonyl (C=O) groups excluding carboxylic acids is 1. The van der Waals surface area contributed by atoms with Crippen molar-refractivity contribution in [2.24, 2.45) is 11.3 Å². The molecule has 1 spiro atoms. The molecule has 16 heavy (non-hydrogen) atoms. The quantitative estimate of drug-likeness (QED) is 0.768. The van der Waals surface area contributed by atoms with E-state index in [0.717, 1.165) is 19.4 Å². The third-order valence-electron chi connectivity index (χ3n) is 4.32. The lowest BCUT2D eigenvalue weighted by Crippen LogP contribution is -2.40. The summed E-state index contributed by atoms with van der Waals surface area (Å²) < 4.78 is 0. The van der Waals surface area contributed by atoms with E-state index in [4.69, 9.17) is 11.6 Å². The molecule has 2 fully saturated rings. The van der Waals surface area contributed by atoms with Crippen LogP contribution in [0.3, 0.4) is 0 Å². The Morgan fingerprint density at radius 1 is 1.62 bits per heavy atom. The summed E-state index contributed by atoms with van der Waals surface area (Å²) in [5.41, 5.74) is 0.217. The SMILES string of the molecule is CCC(Cl)C(=O)N1CC(CO)C2(CCC2)C1. The maximum absolute atomic E-state index is 12.0. The van der Waals surface area contributed by atoms with Gasteiger partial charge in [0.25, 0.3) is 0 Å². The van der Waals surface area contributed by atoms with E-state index in [1.54, 1.807) is 0 Å². The molecule has 0 aromatic rings. The molecule has 2 rings (SSSR count). The number of nitrogens with zero attached hydrogens (tertiary/aromatic N) is 1. The lowest BCUT2D eigenvalue weighted by atomic mass is 9.63. The van der Waals surface area contributed by atoms with Crippen molar-refractivity contribution in [2.75, 3.05) is 19.7 Å². The van der Waals surface area contributed by atoms with Gasteiger partial charge in [-0.2, -0.15) is 0 Å². The fourth-order valence-corrected chi connectivity index (χ4v) is 3.16. The van der Waals surface area contributed by atoms with Gasteiger partial charge in [0, 0.05) is 25.6 Å². The van der Waals surface area contributed by atoms with Crippen LogP contribution in [0.25, 0.3) is 0 Å². The standard InChI is InChI=1S/C12H20ClNO2/c1-2-10(13)11(16)14-6-9(7-15)12(8-14)4-3-5-12/h9-10,15H,2-8H2,1H3. The van der Waals surface area contributed by atoms with Gasteiger partial charge in [0.15, 0.2) is 0 Å². The first-order chi connectivity index (χ1) is 7.63. The Kier molecular flexibility index (Phi) is 3.45. The molecule has 0 bridgehead atoms. The van der Waals surface area contributed by atoms with Crippen LogP contribution in [0.5, 0.6) is 0 Å². The predicted octanol–water partition coefficient (Wildman–Crippen LogP) is 1.62. The molecular weight excluding hydrogens is 226 g/mol.